The third kappa shape index (κ3) is 4.13. The minimum absolute atomic E-state index is 0.128. The van der Waals surface area contributed by atoms with Gasteiger partial charge in [0, 0.05) is 10.4 Å². The van der Waals surface area contributed by atoms with Gasteiger partial charge in [0.25, 0.3) is 5.91 Å². The van der Waals surface area contributed by atoms with Crippen LogP contribution in [-0.2, 0) is 4.79 Å². The summed E-state index contributed by atoms with van der Waals surface area (Å²) in [4.78, 5) is 17.2. The Hall–Kier alpha value is -2.93. The maximum absolute atomic E-state index is 13.5. The Bertz CT molecular complexity index is 894. The normalized spacial score (nSPS) is 10.5. The summed E-state index contributed by atoms with van der Waals surface area (Å²) in [5.41, 5.74) is 7.60. The van der Waals surface area contributed by atoms with Crippen molar-refractivity contribution in [1.29, 1.82) is 0 Å². The van der Waals surface area contributed by atoms with E-state index in [9.17, 15) is 9.18 Å². The fraction of sp³-hybridized carbons (Fsp3) is 0.111. The molecule has 0 saturated heterocycles. The first kappa shape index (κ1) is 16.9. The number of thiazole rings is 1. The fourth-order valence-corrected chi connectivity index (χ4v) is 3.00. The van der Waals surface area contributed by atoms with Crippen LogP contribution in [0.3, 0.4) is 0 Å². The lowest BCUT2D eigenvalue weighted by atomic mass is 10.1. The molecule has 1 heterocycles. The van der Waals surface area contributed by atoms with Crippen LogP contribution in [-0.4, -0.2) is 17.5 Å². The van der Waals surface area contributed by atoms with Crippen LogP contribution >= 0.6 is 11.3 Å². The molecule has 0 aliphatic heterocycles. The lowest BCUT2D eigenvalue weighted by Gasteiger charge is -2.08. The number of aryl methyl sites for hydroxylation is 1. The second kappa shape index (κ2) is 7.31. The molecule has 0 aliphatic carbocycles. The molecule has 2 aromatic carbocycles. The fourth-order valence-electron chi connectivity index (χ4n) is 2.29. The Morgan fingerprint density at radius 1 is 1.24 bits per heavy atom. The molecule has 3 N–H and O–H groups in total. The molecule has 25 heavy (non-hydrogen) atoms. The van der Waals surface area contributed by atoms with Crippen molar-refractivity contribution in [3.05, 3.63) is 59.2 Å². The number of carbonyl (C=O) groups is 1. The number of nitrogens with two attached hydrogens (primary N) is 1. The second-order valence-corrected chi connectivity index (χ2v) is 6.53. The highest BCUT2D eigenvalue weighted by molar-refractivity contribution is 7.15. The van der Waals surface area contributed by atoms with E-state index >= 15 is 0 Å². The molecule has 0 unspecified atom stereocenters. The number of halogens is 1. The van der Waals surface area contributed by atoms with E-state index < -0.39 is 11.7 Å². The van der Waals surface area contributed by atoms with Gasteiger partial charge in [0.15, 0.2) is 11.7 Å². The molecule has 5 nitrogen and oxygen atoms in total. The number of rotatable bonds is 5. The number of nitrogens with one attached hydrogen (secondary N) is 1. The summed E-state index contributed by atoms with van der Waals surface area (Å²) in [5, 5.41) is 2.99. The molecular formula is C18H16FN3O2S. The van der Waals surface area contributed by atoms with Crippen LogP contribution in [0.5, 0.6) is 5.75 Å². The SMILES string of the molecule is Cc1sc(N)nc1-c1ccc(OCC(=O)Nc2ccccc2F)cc1. The zero-order valence-electron chi connectivity index (χ0n) is 13.5. The quantitative estimate of drug-likeness (QED) is 0.727. The van der Waals surface area contributed by atoms with E-state index in [1.807, 2.05) is 19.1 Å². The zero-order valence-corrected chi connectivity index (χ0v) is 14.3. The van der Waals surface area contributed by atoms with Crippen LogP contribution < -0.4 is 15.8 Å². The van der Waals surface area contributed by atoms with Crippen molar-refractivity contribution >= 4 is 28.1 Å². The Morgan fingerprint density at radius 3 is 2.60 bits per heavy atom. The van der Waals surface area contributed by atoms with Crippen LogP contribution in [0, 0.1) is 12.7 Å². The van der Waals surface area contributed by atoms with Crippen LogP contribution in [0.4, 0.5) is 15.2 Å². The summed E-state index contributed by atoms with van der Waals surface area (Å²) in [6, 6.07) is 13.2. The monoisotopic (exact) mass is 357 g/mol. The molecule has 0 fully saturated rings. The van der Waals surface area contributed by atoms with Crippen molar-refractivity contribution < 1.29 is 13.9 Å². The number of hydrogen-bond acceptors (Lipinski definition) is 5. The zero-order chi connectivity index (χ0) is 17.8. The number of ether oxygens (including phenoxy) is 1. The predicted molar refractivity (Wildman–Crippen MR) is 97.2 cm³/mol. The first-order chi connectivity index (χ1) is 12.0. The van der Waals surface area contributed by atoms with Gasteiger partial charge in [0.2, 0.25) is 0 Å². The maximum Gasteiger partial charge on any atom is 0.262 e. The van der Waals surface area contributed by atoms with Gasteiger partial charge in [-0.25, -0.2) is 9.37 Å². The van der Waals surface area contributed by atoms with Crippen molar-refractivity contribution in [3.63, 3.8) is 0 Å². The average molecular weight is 357 g/mol. The molecule has 1 aromatic heterocycles. The van der Waals surface area contributed by atoms with Crippen LogP contribution in [0.1, 0.15) is 4.88 Å². The molecule has 0 atom stereocenters. The Morgan fingerprint density at radius 2 is 1.96 bits per heavy atom. The minimum Gasteiger partial charge on any atom is -0.484 e. The predicted octanol–water partition coefficient (Wildman–Crippen LogP) is 3.86. The number of para-hydroxylation sites is 1. The van der Waals surface area contributed by atoms with E-state index in [1.54, 1.807) is 24.3 Å². The molecule has 0 radical (unpaired) electrons. The number of aromatic nitrogens is 1. The highest BCUT2D eigenvalue weighted by Crippen LogP contribution is 2.29. The smallest absolute Gasteiger partial charge is 0.262 e. The van der Waals surface area contributed by atoms with Crippen molar-refractivity contribution in [3.8, 4) is 17.0 Å². The first-order valence-corrected chi connectivity index (χ1v) is 8.35. The van der Waals surface area contributed by atoms with Gasteiger partial charge in [-0.05, 0) is 43.3 Å². The highest BCUT2D eigenvalue weighted by Gasteiger charge is 2.09. The van der Waals surface area contributed by atoms with Gasteiger partial charge in [-0.1, -0.05) is 12.1 Å². The van der Waals surface area contributed by atoms with Crippen LogP contribution in [0.15, 0.2) is 48.5 Å². The number of benzene rings is 2. The van der Waals surface area contributed by atoms with Gasteiger partial charge in [0.1, 0.15) is 11.6 Å². The standard InChI is InChI=1S/C18H16FN3O2S/c1-11-17(22-18(20)25-11)12-6-8-13(9-7-12)24-10-16(23)21-15-5-3-2-4-14(15)19/h2-9H,10H2,1H3,(H2,20,22)(H,21,23). The molecule has 3 rings (SSSR count). The number of nitrogen functional groups attached to an aromatic ring is 1. The number of amides is 1. The largest absolute Gasteiger partial charge is 0.484 e. The number of hydrogen-bond donors (Lipinski definition) is 2. The van der Waals surface area contributed by atoms with Crippen molar-refractivity contribution in [2.45, 2.75) is 6.92 Å². The van der Waals surface area contributed by atoms with Gasteiger partial charge in [-0.2, -0.15) is 0 Å². The minimum atomic E-state index is -0.488. The molecular weight excluding hydrogens is 341 g/mol. The van der Waals surface area contributed by atoms with E-state index in [2.05, 4.69) is 10.3 Å². The molecule has 3 aromatic rings. The van der Waals surface area contributed by atoms with Gasteiger partial charge < -0.3 is 15.8 Å². The van der Waals surface area contributed by atoms with E-state index in [1.165, 1.54) is 23.5 Å². The lowest BCUT2D eigenvalue weighted by Crippen LogP contribution is -2.20. The van der Waals surface area contributed by atoms with Crippen molar-refractivity contribution in [2.24, 2.45) is 0 Å². The highest BCUT2D eigenvalue weighted by atomic mass is 32.1. The first-order valence-electron chi connectivity index (χ1n) is 7.53. The van der Waals surface area contributed by atoms with E-state index in [0.29, 0.717) is 10.9 Å². The van der Waals surface area contributed by atoms with Gasteiger partial charge in [-0.3, -0.25) is 4.79 Å². The van der Waals surface area contributed by atoms with Crippen LogP contribution in [0.25, 0.3) is 11.3 Å². The van der Waals surface area contributed by atoms with Crippen molar-refractivity contribution in [1.82, 2.24) is 4.98 Å². The molecule has 1 amide bonds. The van der Waals surface area contributed by atoms with E-state index in [-0.39, 0.29) is 12.3 Å². The third-order valence-corrected chi connectivity index (χ3v) is 4.26. The molecule has 7 heteroatoms. The summed E-state index contributed by atoms with van der Waals surface area (Å²) in [7, 11) is 0. The number of anilines is 2. The molecule has 0 bridgehead atoms. The number of nitrogens with zero attached hydrogens (tertiary/aromatic N) is 1. The molecule has 128 valence electrons. The Labute approximate surface area is 148 Å². The second-order valence-electron chi connectivity index (χ2n) is 5.30. The summed E-state index contributed by atoms with van der Waals surface area (Å²) in [6.07, 6.45) is 0. The van der Waals surface area contributed by atoms with E-state index in [4.69, 9.17) is 10.5 Å². The number of carbonyl (C=O) groups excluding carboxylic acids is 1. The summed E-state index contributed by atoms with van der Waals surface area (Å²) < 4.78 is 18.9. The summed E-state index contributed by atoms with van der Waals surface area (Å²) in [5.74, 6) is -0.385. The Balaban J connectivity index is 1.59. The van der Waals surface area contributed by atoms with Gasteiger partial charge in [-0.15, -0.1) is 11.3 Å². The van der Waals surface area contributed by atoms with Gasteiger partial charge in [0.05, 0.1) is 11.4 Å². The average Bonchev–Trinajstić information content (AvgIpc) is 2.94. The van der Waals surface area contributed by atoms with Crippen molar-refractivity contribution in [2.75, 3.05) is 17.7 Å². The third-order valence-electron chi connectivity index (χ3n) is 3.46. The van der Waals surface area contributed by atoms with E-state index in [0.717, 1.165) is 16.1 Å². The lowest BCUT2D eigenvalue weighted by molar-refractivity contribution is -0.118. The maximum atomic E-state index is 13.5. The molecule has 0 spiro atoms. The topological polar surface area (TPSA) is 77.2 Å². The van der Waals surface area contributed by atoms with Gasteiger partial charge >= 0.3 is 0 Å². The molecule has 0 saturated carbocycles. The summed E-state index contributed by atoms with van der Waals surface area (Å²) >= 11 is 1.44. The summed E-state index contributed by atoms with van der Waals surface area (Å²) in [6.45, 7) is 1.75. The van der Waals surface area contributed by atoms with Crippen LogP contribution in [0.2, 0.25) is 0 Å². The Kier molecular flexibility index (Phi) is 4.95. The molecule has 0 aliphatic rings.